The molecule has 5 rings (SSSR count). The average molecular weight is 481 g/mol. The Morgan fingerprint density at radius 2 is 2.03 bits per heavy atom. The zero-order chi connectivity index (χ0) is 22.8. The van der Waals surface area contributed by atoms with Gasteiger partial charge in [-0.15, -0.1) is 22.7 Å². The van der Waals surface area contributed by atoms with E-state index >= 15 is 0 Å². The van der Waals surface area contributed by atoms with E-state index < -0.39 is 0 Å². The Labute approximate surface area is 198 Å². The lowest BCUT2D eigenvalue weighted by molar-refractivity contribution is 0.132. The van der Waals surface area contributed by atoms with Gasteiger partial charge in [0.1, 0.15) is 10.7 Å². The van der Waals surface area contributed by atoms with Crippen molar-refractivity contribution in [3.05, 3.63) is 69.2 Å². The number of fused-ring (bicyclic) bond motifs is 1. The molecule has 4 aromatic rings. The molecule has 0 aromatic carbocycles. The standard InChI is InChI=1S/C23H24N6O2S2/c1-15(17-5-2-3-7-24-17)25-23(31)29-10-8-28(9-11-29)13-19-26-21(30)20-16(14-33-22(20)27-19)18-6-4-12-32-18/h2-7,12,14-15H,8-11,13H2,1H3,(H,25,31)(H,26,27,30)/t15-/m0/s1. The summed E-state index contributed by atoms with van der Waals surface area (Å²) in [7, 11) is 0. The van der Waals surface area contributed by atoms with Crippen molar-refractivity contribution in [3.8, 4) is 10.4 Å². The lowest BCUT2D eigenvalue weighted by atomic mass is 10.2. The molecular formula is C23H24N6O2S2. The van der Waals surface area contributed by atoms with Crippen molar-refractivity contribution >= 4 is 38.9 Å². The number of piperazine rings is 1. The van der Waals surface area contributed by atoms with Crippen LogP contribution in [0.15, 0.2) is 52.1 Å². The summed E-state index contributed by atoms with van der Waals surface area (Å²) in [6, 6.07) is 9.45. The highest BCUT2D eigenvalue weighted by Gasteiger charge is 2.23. The molecule has 1 aliphatic rings. The maximum absolute atomic E-state index is 12.8. The molecule has 1 aliphatic heterocycles. The van der Waals surface area contributed by atoms with E-state index in [1.165, 1.54) is 11.3 Å². The number of hydrogen-bond donors (Lipinski definition) is 2. The summed E-state index contributed by atoms with van der Waals surface area (Å²) >= 11 is 3.12. The molecule has 0 radical (unpaired) electrons. The van der Waals surface area contributed by atoms with E-state index in [9.17, 15) is 9.59 Å². The van der Waals surface area contributed by atoms with Gasteiger partial charge in [-0.05, 0) is 30.5 Å². The summed E-state index contributed by atoms with van der Waals surface area (Å²) < 4.78 is 0. The third-order valence-electron chi connectivity index (χ3n) is 5.78. The quantitative estimate of drug-likeness (QED) is 0.454. The first-order chi connectivity index (χ1) is 16.1. The summed E-state index contributed by atoms with van der Waals surface area (Å²) in [6.45, 7) is 5.17. The maximum atomic E-state index is 12.8. The van der Waals surface area contributed by atoms with Crippen molar-refractivity contribution < 1.29 is 4.79 Å². The van der Waals surface area contributed by atoms with Crippen LogP contribution in [0.5, 0.6) is 0 Å². The summed E-state index contributed by atoms with van der Waals surface area (Å²) in [6.07, 6.45) is 1.73. The first-order valence-corrected chi connectivity index (χ1v) is 12.6. The number of rotatable bonds is 5. The van der Waals surface area contributed by atoms with Gasteiger partial charge in [-0.2, -0.15) is 0 Å². The summed E-state index contributed by atoms with van der Waals surface area (Å²) in [4.78, 5) is 43.3. The molecule has 0 saturated carbocycles. The molecule has 10 heteroatoms. The summed E-state index contributed by atoms with van der Waals surface area (Å²) in [5.74, 6) is 0.661. The van der Waals surface area contributed by atoms with E-state index in [0.717, 1.165) is 34.1 Å². The fourth-order valence-electron chi connectivity index (χ4n) is 3.98. The van der Waals surface area contributed by atoms with E-state index in [-0.39, 0.29) is 17.6 Å². The van der Waals surface area contributed by atoms with Crippen LogP contribution in [0.1, 0.15) is 24.5 Å². The highest BCUT2D eigenvalue weighted by Crippen LogP contribution is 2.33. The smallest absolute Gasteiger partial charge is 0.318 e. The van der Waals surface area contributed by atoms with Crippen LogP contribution in [-0.4, -0.2) is 57.0 Å². The van der Waals surface area contributed by atoms with E-state index in [1.807, 2.05) is 52.9 Å². The second-order valence-corrected chi connectivity index (χ2v) is 9.81. The highest BCUT2D eigenvalue weighted by atomic mass is 32.1. The molecule has 33 heavy (non-hydrogen) atoms. The number of amides is 2. The van der Waals surface area contributed by atoms with Crippen molar-refractivity contribution in [1.82, 2.24) is 30.1 Å². The fourth-order valence-corrected chi connectivity index (χ4v) is 5.77. The number of carbonyl (C=O) groups is 1. The maximum Gasteiger partial charge on any atom is 0.318 e. The van der Waals surface area contributed by atoms with Gasteiger partial charge in [0.05, 0.1) is 23.7 Å². The number of hydrogen-bond acceptors (Lipinski definition) is 7. The lowest BCUT2D eigenvalue weighted by Crippen LogP contribution is -2.52. The van der Waals surface area contributed by atoms with Gasteiger partial charge in [0.15, 0.2) is 0 Å². The van der Waals surface area contributed by atoms with Crippen molar-refractivity contribution in [2.24, 2.45) is 0 Å². The lowest BCUT2D eigenvalue weighted by Gasteiger charge is -2.34. The van der Waals surface area contributed by atoms with Crippen molar-refractivity contribution in [2.45, 2.75) is 19.5 Å². The molecule has 0 bridgehead atoms. The SMILES string of the molecule is C[C@H](NC(=O)N1CCN(Cc2nc3scc(-c4cccs4)c3c(=O)[nH]2)CC1)c1ccccn1. The van der Waals surface area contributed by atoms with Gasteiger partial charge in [0.25, 0.3) is 5.56 Å². The molecule has 5 heterocycles. The van der Waals surface area contributed by atoms with Crippen LogP contribution >= 0.6 is 22.7 Å². The number of aromatic nitrogens is 3. The molecule has 0 spiro atoms. The zero-order valence-electron chi connectivity index (χ0n) is 18.2. The summed E-state index contributed by atoms with van der Waals surface area (Å²) in [5, 5.41) is 7.70. The van der Waals surface area contributed by atoms with Gasteiger partial charge in [-0.3, -0.25) is 14.7 Å². The Bertz CT molecular complexity index is 1290. The molecular weight excluding hydrogens is 456 g/mol. The number of nitrogens with zero attached hydrogens (tertiary/aromatic N) is 4. The van der Waals surface area contributed by atoms with Gasteiger partial charge in [0, 0.05) is 48.2 Å². The van der Waals surface area contributed by atoms with Crippen LogP contribution in [0.2, 0.25) is 0 Å². The number of carbonyl (C=O) groups excluding carboxylic acids is 1. The Morgan fingerprint density at radius 3 is 2.76 bits per heavy atom. The normalized spacial score (nSPS) is 15.6. The number of nitrogens with one attached hydrogen (secondary N) is 2. The third-order valence-corrected chi connectivity index (χ3v) is 7.56. The molecule has 2 amide bonds. The van der Waals surface area contributed by atoms with Crippen LogP contribution in [-0.2, 0) is 6.54 Å². The average Bonchev–Trinajstić information content (AvgIpc) is 3.50. The van der Waals surface area contributed by atoms with Crippen LogP contribution < -0.4 is 10.9 Å². The molecule has 8 nitrogen and oxygen atoms in total. The van der Waals surface area contributed by atoms with E-state index in [1.54, 1.807) is 17.5 Å². The number of pyridine rings is 1. The van der Waals surface area contributed by atoms with Gasteiger partial charge >= 0.3 is 6.03 Å². The molecule has 1 fully saturated rings. The third kappa shape index (κ3) is 4.68. The van der Waals surface area contributed by atoms with Gasteiger partial charge in [0.2, 0.25) is 0 Å². The minimum absolute atomic E-state index is 0.0829. The highest BCUT2D eigenvalue weighted by molar-refractivity contribution is 7.18. The van der Waals surface area contributed by atoms with Crippen molar-refractivity contribution in [2.75, 3.05) is 26.2 Å². The van der Waals surface area contributed by atoms with Gasteiger partial charge in [-0.25, -0.2) is 9.78 Å². The van der Waals surface area contributed by atoms with E-state index in [4.69, 9.17) is 4.98 Å². The largest absolute Gasteiger partial charge is 0.330 e. The van der Waals surface area contributed by atoms with Crippen molar-refractivity contribution in [3.63, 3.8) is 0 Å². The molecule has 1 saturated heterocycles. The molecule has 1 atom stereocenters. The molecule has 170 valence electrons. The first kappa shape index (κ1) is 21.7. The van der Waals surface area contributed by atoms with E-state index in [2.05, 4.69) is 20.2 Å². The van der Waals surface area contributed by atoms with E-state index in [0.29, 0.717) is 30.8 Å². The second-order valence-electron chi connectivity index (χ2n) is 8.01. The van der Waals surface area contributed by atoms with Crippen LogP contribution in [0, 0.1) is 0 Å². The first-order valence-electron chi connectivity index (χ1n) is 10.8. The number of H-pyrrole nitrogens is 1. The fraction of sp³-hybridized carbons (Fsp3) is 0.304. The minimum Gasteiger partial charge on any atom is -0.330 e. The van der Waals surface area contributed by atoms with Gasteiger partial charge in [-0.1, -0.05) is 12.1 Å². The monoisotopic (exact) mass is 480 g/mol. The second kappa shape index (κ2) is 9.42. The van der Waals surface area contributed by atoms with Crippen LogP contribution in [0.25, 0.3) is 20.7 Å². The molecule has 4 aromatic heterocycles. The molecule has 0 aliphatic carbocycles. The predicted octanol–water partition coefficient (Wildman–Crippen LogP) is 3.70. The Balaban J connectivity index is 1.20. The Kier molecular flexibility index (Phi) is 6.21. The van der Waals surface area contributed by atoms with Crippen LogP contribution in [0.3, 0.4) is 0 Å². The number of aromatic amines is 1. The van der Waals surface area contributed by atoms with Crippen LogP contribution in [0.4, 0.5) is 4.79 Å². The number of thiophene rings is 2. The zero-order valence-corrected chi connectivity index (χ0v) is 19.8. The topological polar surface area (TPSA) is 94.2 Å². The molecule has 2 N–H and O–H groups in total. The Hall–Kier alpha value is -3.08. The number of urea groups is 1. The molecule has 0 unspecified atom stereocenters. The predicted molar refractivity (Wildman–Crippen MR) is 132 cm³/mol. The van der Waals surface area contributed by atoms with Gasteiger partial charge < -0.3 is 15.2 Å². The summed E-state index contributed by atoms with van der Waals surface area (Å²) in [5.41, 5.74) is 1.69. The Morgan fingerprint density at radius 1 is 1.18 bits per heavy atom. The minimum atomic E-state index is -0.150. The van der Waals surface area contributed by atoms with Crippen molar-refractivity contribution in [1.29, 1.82) is 0 Å².